The molecule has 3 rings (SSSR count). The minimum Gasteiger partial charge on any atom is -0.478 e. The number of nitrogens with zero attached hydrogens (tertiary/aromatic N) is 4. The molecule has 0 saturated heterocycles. The molecule has 3 aromatic rings. The number of benzene rings is 2. The zero-order chi connectivity index (χ0) is 17.6. The van der Waals surface area contributed by atoms with Crippen LogP contribution in [0.1, 0.15) is 15.9 Å². The van der Waals surface area contributed by atoms with E-state index in [4.69, 9.17) is 4.74 Å². The molecule has 1 amide bonds. The van der Waals surface area contributed by atoms with E-state index < -0.39 is 12.1 Å². The lowest BCUT2D eigenvalue weighted by Crippen LogP contribution is -2.15. The minimum absolute atomic E-state index is 0.0619. The number of tetrazole rings is 1. The first-order chi connectivity index (χ1) is 12.1. The fourth-order valence-corrected chi connectivity index (χ4v) is 2.13. The van der Waals surface area contributed by atoms with E-state index >= 15 is 0 Å². The largest absolute Gasteiger partial charge is 0.478 e. The monoisotopic (exact) mass is 339 g/mol. The number of hydrogen-bond donors (Lipinski definition) is 2. The zero-order valence-electron chi connectivity index (χ0n) is 12.9. The van der Waals surface area contributed by atoms with Gasteiger partial charge in [0.05, 0.1) is 11.3 Å². The molecule has 0 aliphatic heterocycles. The average molecular weight is 339 g/mol. The average Bonchev–Trinajstić information content (AvgIpc) is 3.15. The molecular formula is C16H13N5O4. The summed E-state index contributed by atoms with van der Waals surface area (Å²) in [4.78, 5) is 23.3. The van der Waals surface area contributed by atoms with E-state index in [0.29, 0.717) is 0 Å². The molecule has 1 heterocycles. The summed E-state index contributed by atoms with van der Waals surface area (Å²) in [5.41, 5.74) is 1.35. The van der Waals surface area contributed by atoms with Crippen LogP contribution in [-0.4, -0.2) is 37.4 Å². The summed E-state index contributed by atoms with van der Waals surface area (Å²) in [6.07, 6.45) is 0.596. The van der Waals surface area contributed by atoms with E-state index in [0.717, 1.165) is 5.56 Å². The summed E-state index contributed by atoms with van der Waals surface area (Å²) in [6, 6.07) is 13.5. The van der Waals surface area contributed by atoms with Crippen molar-refractivity contribution in [1.29, 1.82) is 0 Å². The maximum absolute atomic E-state index is 11.9. The van der Waals surface area contributed by atoms with E-state index in [2.05, 4.69) is 20.8 Å². The third-order valence-electron chi connectivity index (χ3n) is 3.28. The molecule has 0 aliphatic carbocycles. The Morgan fingerprint density at radius 1 is 1.16 bits per heavy atom. The van der Waals surface area contributed by atoms with Crippen molar-refractivity contribution in [2.45, 2.75) is 6.61 Å². The van der Waals surface area contributed by atoms with Crippen molar-refractivity contribution >= 4 is 17.7 Å². The fourth-order valence-electron chi connectivity index (χ4n) is 2.13. The SMILES string of the molecule is O=C(Nc1ccc(-n2cnnn2)c(C(=O)O)c1)OCc1ccccc1. The van der Waals surface area contributed by atoms with Gasteiger partial charge in [-0.2, -0.15) is 4.68 Å². The Hall–Kier alpha value is -3.75. The van der Waals surface area contributed by atoms with Crippen LogP contribution < -0.4 is 5.32 Å². The predicted octanol–water partition coefficient (Wildman–Crippen LogP) is 2.11. The first-order valence-electron chi connectivity index (χ1n) is 7.22. The number of carbonyl (C=O) groups excluding carboxylic acids is 1. The number of hydrogen-bond acceptors (Lipinski definition) is 6. The van der Waals surface area contributed by atoms with Gasteiger partial charge in [-0.3, -0.25) is 5.32 Å². The van der Waals surface area contributed by atoms with E-state index in [9.17, 15) is 14.7 Å². The van der Waals surface area contributed by atoms with Gasteiger partial charge >= 0.3 is 12.1 Å². The van der Waals surface area contributed by atoms with Gasteiger partial charge in [-0.05, 0) is 34.2 Å². The molecule has 2 N–H and O–H groups in total. The molecule has 0 fully saturated rings. The van der Waals surface area contributed by atoms with Gasteiger partial charge in [-0.15, -0.1) is 5.10 Å². The maximum atomic E-state index is 11.9. The van der Waals surface area contributed by atoms with Gasteiger partial charge in [0.15, 0.2) is 0 Å². The van der Waals surface area contributed by atoms with Gasteiger partial charge in [-0.25, -0.2) is 9.59 Å². The molecule has 0 bridgehead atoms. The molecule has 9 heteroatoms. The summed E-state index contributed by atoms with van der Waals surface area (Å²) in [5.74, 6) is -1.17. The zero-order valence-corrected chi connectivity index (χ0v) is 12.9. The van der Waals surface area contributed by atoms with Crippen LogP contribution in [-0.2, 0) is 11.3 Å². The molecule has 25 heavy (non-hydrogen) atoms. The van der Waals surface area contributed by atoms with E-state index in [-0.39, 0.29) is 23.5 Å². The van der Waals surface area contributed by atoms with Crippen molar-refractivity contribution in [3.63, 3.8) is 0 Å². The Labute approximate surface area is 141 Å². The van der Waals surface area contributed by atoms with Gasteiger partial charge < -0.3 is 9.84 Å². The van der Waals surface area contributed by atoms with Crippen LogP contribution in [0.2, 0.25) is 0 Å². The van der Waals surface area contributed by atoms with Gasteiger partial charge in [0, 0.05) is 5.69 Å². The molecule has 2 aromatic carbocycles. The molecular weight excluding hydrogens is 326 g/mol. The van der Waals surface area contributed by atoms with Gasteiger partial charge in [0.1, 0.15) is 12.9 Å². The number of anilines is 1. The molecule has 0 unspecified atom stereocenters. The first-order valence-corrected chi connectivity index (χ1v) is 7.22. The van der Waals surface area contributed by atoms with Crippen LogP contribution in [0, 0.1) is 0 Å². The Morgan fingerprint density at radius 3 is 2.64 bits per heavy atom. The van der Waals surface area contributed by atoms with Gasteiger partial charge in [0.2, 0.25) is 0 Å². The number of carbonyl (C=O) groups is 2. The third kappa shape index (κ3) is 3.96. The number of rotatable bonds is 5. The normalized spacial score (nSPS) is 10.2. The van der Waals surface area contributed by atoms with Crippen molar-refractivity contribution in [2.24, 2.45) is 0 Å². The van der Waals surface area contributed by atoms with E-state index in [1.807, 2.05) is 30.3 Å². The van der Waals surface area contributed by atoms with Crippen LogP contribution in [0.3, 0.4) is 0 Å². The molecule has 9 nitrogen and oxygen atoms in total. The number of aromatic carboxylic acids is 1. The summed E-state index contributed by atoms with van der Waals surface area (Å²) in [7, 11) is 0. The van der Waals surface area contributed by atoms with Crippen LogP contribution >= 0.6 is 0 Å². The highest BCUT2D eigenvalue weighted by Crippen LogP contribution is 2.19. The maximum Gasteiger partial charge on any atom is 0.411 e. The number of ether oxygens (including phenoxy) is 1. The number of carboxylic acids is 1. The second kappa shape index (κ2) is 7.21. The van der Waals surface area contributed by atoms with Gasteiger partial charge in [-0.1, -0.05) is 30.3 Å². The summed E-state index contributed by atoms with van der Waals surface area (Å²) in [5, 5.41) is 22.5. The molecule has 126 valence electrons. The Kier molecular flexibility index (Phi) is 4.65. The summed E-state index contributed by atoms with van der Waals surface area (Å²) < 4.78 is 6.32. The van der Waals surface area contributed by atoms with Gasteiger partial charge in [0.25, 0.3) is 0 Å². The smallest absolute Gasteiger partial charge is 0.411 e. The first kappa shape index (κ1) is 16.1. The Bertz CT molecular complexity index is 881. The molecule has 0 radical (unpaired) electrons. The van der Waals surface area contributed by atoms with Crippen molar-refractivity contribution in [3.05, 3.63) is 66.0 Å². The third-order valence-corrected chi connectivity index (χ3v) is 3.28. The predicted molar refractivity (Wildman–Crippen MR) is 86.4 cm³/mol. The quantitative estimate of drug-likeness (QED) is 0.730. The molecule has 0 saturated carbocycles. The van der Waals surface area contributed by atoms with Crippen molar-refractivity contribution in [3.8, 4) is 5.69 Å². The number of carboxylic acid groups (broad SMARTS) is 1. The van der Waals surface area contributed by atoms with Crippen molar-refractivity contribution < 1.29 is 19.4 Å². The van der Waals surface area contributed by atoms with Crippen LogP contribution in [0.25, 0.3) is 5.69 Å². The Balaban J connectivity index is 1.71. The lowest BCUT2D eigenvalue weighted by atomic mass is 10.1. The lowest BCUT2D eigenvalue weighted by molar-refractivity contribution is 0.0696. The fraction of sp³-hybridized carbons (Fsp3) is 0.0625. The second-order valence-electron chi connectivity index (χ2n) is 4.98. The van der Waals surface area contributed by atoms with Crippen molar-refractivity contribution in [2.75, 3.05) is 5.32 Å². The molecule has 0 aliphatic rings. The second-order valence-corrected chi connectivity index (χ2v) is 4.98. The summed E-state index contributed by atoms with van der Waals surface area (Å²) in [6.45, 7) is 0.112. The minimum atomic E-state index is -1.17. The standard InChI is InChI=1S/C16H13N5O4/c22-15(23)13-8-12(6-7-14(13)21-10-17-19-20-21)18-16(24)25-9-11-4-2-1-3-5-11/h1-8,10H,9H2,(H,18,24)(H,22,23). The molecule has 0 spiro atoms. The Morgan fingerprint density at radius 2 is 1.96 bits per heavy atom. The van der Waals surface area contributed by atoms with Crippen LogP contribution in [0.5, 0.6) is 0 Å². The van der Waals surface area contributed by atoms with Crippen LogP contribution in [0.15, 0.2) is 54.9 Å². The van der Waals surface area contributed by atoms with E-state index in [1.54, 1.807) is 0 Å². The van der Waals surface area contributed by atoms with Crippen LogP contribution in [0.4, 0.5) is 10.5 Å². The highest BCUT2D eigenvalue weighted by Gasteiger charge is 2.15. The molecule has 1 aromatic heterocycles. The van der Waals surface area contributed by atoms with E-state index in [1.165, 1.54) is 29.2 Å². The lowest BCUT2D eigenvalue weighted by Gasteiger charge is -2.10. The topological polar surface area (TPSA) is 119 Å². The highest BCUT2D eigenvalue weighted by molar-refractivity contribution is 5.95. The summed E-state index contributed by atoms with van der Waals surface area (Å²) >= 11 is 0. The number of nitrogens with one attached hydrogen (secondary N) is 1. The van der Waals surface area contributed by atoms with Crippen molar-refractivity contribution in [1.82, 2.24) is 20.2 Å². The highest BCUT2D eigenvalue weighted by atomic mass is 16.5. The number of amides is 1. The number of aromatic nitrogens is 4. The molecule has 0 atom stereocenters.